The van der Waals surface area contributed by atoms with Crippen LogP contribution in [0.15, 0.2) is 45.9 Å². The first kappa shape index (κ1) is 15.9. The number of benzene rings is 1. The summed E-state index contributed by atoms with van der Waals surface area (Å²) in [6.07, 6.45) is 1.46. The highest BCUT2D eigenvalue weighted by molar-refractivity contribution is 9.10. The van der Waals surface area contributed by atoms with Gasteiger partial charge in [0.15, 0.2) is 0 Å². The first-order valence-electron chi connectivity index (χ1n) is 5.53. The van der Waals surface area contributed by atoms with Crippen LogP contribution in [0.4, 0.5) is 5.69 Å². The van der Waals surface area contributed by atoms with Crippen LogP contribution < -0.4 is 10.5 Å². The maximum Gasteiger partial charge on any atom is 0.275 e. The second-order valence-electron chi connectivity index (χ2n) is 3.97. The molecule has 9 heteroatoms. The summed E-state index contributed by atoms with van der Waals surface area (Å²) in [4.78, 5) is 15.9. The number of halogens is 2. The minimum absolute atomic E-state index is 0.130. The van der Waals surface area contributed by atoms with Crippen molar-refractivity contribution in [3.8, 4) is 0 Å². The molecule has 1 amide bonds. The van der Waals surface area contributed by atoms with E-state index in [9.17, 15) is 13.2 Å². The molecule has 0 spiro atoms. The lowest BCUT2D eigenvalue weighted by Crippen LogP contribution is -2.16. The Morgan fingerprint density at radius 2 is 2.05 bits per heavy atom. The van der Waals surface area contributed by atoms with E-state index in [0.29, 0.717) is 4.47 Å². The van der Waals surface area contributed by atoms with Crippen molar-refractivity contribution in [1.82, 2.24) is 4.98 Å². The molecule has 0 bridgehead atoms. The van der Waals surface area contributed by atoms with E-state index in [1.807, 2.05) is 0 Å². The fraction of sp³-hybridized carbons (Fsp3) is 0. The normalized spacial score (nSPS) is 11.2. The third kappa shape index (κ3) is 3.79. The van der Waals surface area contributed by atoms with Gasteiger partial charge in [-0.05, 0) is 46.3 Å². The fourth-order valence-electron chi connectivity index (χ4n) is 1.51. The third-order valence-corrected chi connectivity index (χ3v) is 4.37. The number of carbonyl (C=O) groups excluding carboxylic acids is 1. The number of rotatable bonds is 3. The maximum absolute atomic E-state index is 12.1. The Morgan fingerprint density at radius 3 is 2.67 bits per heavy atom. The lowest BCUT2D eigenvalue weighted by atomic mass is 10.3. The van der Waals surface area contributed by atoms with Gasteiger partial charge >= 0.3 is 0 Å². The van der Waals surface area contributed by atoms with Gasteiger partial charge in [0.2, 0.25) is 10.0 Å². The van der Waals surface area contributed by atoms with Gasteiger partial charge in [-0.15, -0.1) is 0 Å². The number of sulfonamides is 1. The third-order valence-electron chi connectivity index (χ3n) is 2.49. The van der Waals surface area contributed by atoms with Crippen LogP contribution in [-0.4, -0.2) is 19.3 Å². The summed E-state index contributed by atoms with van der Waals surface area (Å²) in [5.74, 6) is -0.532. The van der Waals surface area contributed by atoms with E-state index in [0.717, 1.165) is 0 Å². The smallest absolute Gasteiger partial charge is 0.275 e. The fourth-order valence-corrected chi connectivity index (χ4v) is 2.65. The number of primary sulfonamides is 1. The van der Waals surface area contributed by atoms with Gasteiger partial charge in [-0.25, -0.2) is 18.5 Å². The monoisotopic (exact) mass is 389 g/mol. The molecule has 0 aliphatic carbocycles. The summed E-state index contributed by atoms with van der Waals surface area (Å²) in [5, 5.41) is 7.72. The average Bonchev–Trinajstić information content (AvgIpc) is 2.40. The van der Waals surface area contributed by atoms with E-state index >= 15 is 0 Å². The Bertz CT molecular complexity index is 811. The molecule has 0 saturated carbocycles. The molecule has 0 atom stereocenters. The molecule has 2 rings (SSSR count). The lowest BCUT2D eigenvalue weighted by Gasteiger charge is -2.09. The van der Waals surface area contributed by atoms with Gasteiger partial charge in [0, 0.05) is 10.7 Å². The van der Waals surface area contributed by atoms with Crippen LogP contribution in [0.3, 0.4) is 0 Å². The van der Waals surface area contributed by atoms with Gasteiger partial charge in [0.05, 0.1) is 15.6 Å². The zero-order valence-electron chi connectivity index (χ0n) is 10.4. The molecule has 0 aliphatic heterocycles. The summed E-state index contributed by atoms with van der Waals surface area (Å²) >= 11 is 9.14. The van der Waals surface area contributed by atoms with Crippen LogP contribution in [0.2, 0.25) is 5.02 Å². The first-order chi connectivity index (χ1) is 9.79. The highest BCUT2D eigenvalue weighted by Gasteiger charge is 2.15. The zero-order valence-corrected chi connectivity index (χ0v) is 13.5. The number of carbonyl (C=O) groups is 1. The van der Waals surface area contributed by atoms with Crippen molar-refractivity contribution in [2.24, 2.45) is 5.14 Å². The highest BCUT2D eigenvalue weighted by Crippen LogP contribution is 2.26. The highest BCUT2D eigenvalue weighted by atomic mass is 79.9. The van der Waals surface area contributed by atoms with Crippen molar-refractivity contribution in [2.45, 2.75) is 4.90 Å². The van der Waals surface area contributed by atoms with Gasteiger partial charge in [0.1, 0.15) is 5.69 Å². The number of amides is 1. The molecule has 1 heterocycles. The standard InChI is InChI=1S/C12H9BrClN3O3S/c13-8-2-1-5-16-11(8)12(18)17-10-6-7(21(15,19)20)3-4-9(10)14/h1-6H,(H,17,18)(H2,15,19,20). The van der Waals surface area contributed by atoms with E-state index in [4.69, 9.17) is 16.7 Å². The molecule has 6 nitrogen and oxygen atoms in total. The zero-order chi connectivity index (χ0) is 15.6. The van der Waals surface area contributed by atoms with Gasteiger partial charge in [0.25, 0.3) is 5.91 Å². The predicted octanol–water partition coefficient (Wildman–Crippen LogP) is 2.40. The molecular formula is C12H9BrClN3O3S. The number of aromatic nitrogens is 1. The van der Waals surface area contributed by atoms with Gasteiger partial charge in [-0.2, -0.15) is 0 Å². The number of anilines is 1. The summed E-state index contributed by atoms with van der Waals surface area (Å²) in [5.41, 5.74) is 0.278. The van der Waals surface area contributed by atoms with Gasteiger partial charge in [-0.3, -0.25) is 4.79 Å². The number of hydrogen-bond acceptors (Lipinski definition) is 4. The Morgan fingerprint density at radius 1 is 1.33 bits per heavy atom. The minimum atomic E-state index is -3.89. The summed E-state index contributed by atoms with van der Waals surface area (Å²) in [6.45, 7) is 0. The molecule has 0 aliphatic rings. The van der Waals surface area contributed by atoms with E-state index in [1.54, 1.807) is 12.1 Å². The van der Waals surface area contributed by atoms with Crippen molar-refractivity contribution < 1.29 is 13.2 Å². The molecule has 0 fully saturated rings. The first-order valence-corrected chi connectivity index (χ1v) is 8.25. The molecule has 3 N–H and O–H groups in total. The quantitative estimate of drug-likeness (QED) is 0.840. The Labute approximate surface area is 134 Å². The van der Waals surface area contributed by atoms with Crippen LogP contribution >= 0.6 is 27.5 Å². The van der Waals surface area contributed by atoms with Crippen LogP contribution in [0.25, 0.3) is 0 Å². The Hall–Kier alpha value is -1.48. The predicted molar refractivity (Wildman–Crippen MR) is 82.7 cm³/mol. The molecule has 2 aromatic rings. The molecule has 0 radical (unpaired) electrons. The van der Waals surface area contributed by atoms with Crippen molar-refractivity contribution in [3.63, 3.8) is 0 Å². The van der Waals surface area contributed by atoms with Gasteiger partial charge in [-0.1, -0.05) is 11.6 Å². The van der Waals surface area contributed by atoms with Gasteiger partial charge < -0.3 is 5.32 Å². The summed E-state index contributed by atoms with van der Waals surface area (Å²) < 4.78 is 23.1. The molecule has 1 aromatic heterocycles. The Balaban J connectivity index is 2.36. The SMILES string of the molecule is NS(=O)(=O)c1ccc(Cl)c(NC(=O)c2ncccc2Br)c1. The van der Waals surface area contributed by atoms with Crippen LogP contribution in [0.5, 0.6) is 0 Å². The number of nitrogens with zero attached hydrogens (tertiary/aromatic N) is 1. The second-order valence-corrected chi connectivity index (χ2v) is 6.80. The van der Waals surface area contributed by atoms with Crippen LogP contribution in [0.1, 0.15) is 10.5 Å². The molecule has 0 saturated heterocycles. The van der Waals surface area contributed by atoms with Crippen molar-refractivity contribution >= 4 is 49.1 Å². The van der Waals surface area contributed by atoms with Crippen LogP contribution in [-0.2, 0) is 10.0 Å². The molecule has 110 valence electrons. The molecule has 21 heavy (non-hydrogen) atoms. The van der Waals surface area contributed by atoms with E-state index < -0.39 is 15.9 Å². The minimum Gasteiger partial charge on any atom is -0.319 e. The maximum atomic E-state index is 12.1. The van der Waals surface area contributed by atoms with E-state index in [-0.39, 0.29) is 21.3 Å². The van der Waals surface area contributed by atoms with Crippen molar-refractivity contribution in [2.75, 3.05) is 5.32 Å². The molecule has 0 unspecified atom stereocenters. The number of hydrogen-bond donors (Lipinski definition) is 2. The van der Waals surface area contributed by atoms with E-state index in [1.165, 1.54) is 24.4 Å². The van der Waals surface area contributed by atoms with Crippen molar-refractivity contribution in [1.29, 1.82) is 0 Å². The Kier molecular flexibility index (Phi) is 4.62. The van der Waals surface area contributed by atoms with E-state index in [2.05, 4.69) is 26.2 Å². The largest absolute Gasteiger partial charge is 0.319 e. The van der Waals surface area contributed by atoms with Crippen LogP contribution in [0, 0.1) is 0 Å². The average molecular weight is 391 g/mol. The topological polar surface area (TPSA) is 102 Å². The second kappa shape index (κ2) is 6.10. The summed E-state index contributed by atoms with van der Waals surface area (Å²) in [6, 6.07) is 7.10. The number of pyridine rings is 1. The molecule has 1 aromatic carbocycles. The van der Waals surface area contributed by atoms with Crippen molar-refractivity contribution in [3.05, 3.63) is 51.7 Å². The lowest BCUT2D eigenvalue weighted by molar-refractivity contribution is 0.102. The number of nitrogens with two attached hydrogens (primary N) is 1. The molecular weight excluding hydrogens is 382 g/mol. The summed E-state index contributed by atoms with van der Waals surface area (Å²) in [7, 11) is -3.89. The number of nitrogens with one attached hydrogen (secondary N) is 1.